The maximum absolute atomic E-state index is 12.2. The first-order valence-corrected chi connectivity index (χ1v) is 8.38. The standard InChI is InChI=1S/C18H23NO5/c1-2-23-16(21)18(8-9-18)14-10-19(11-15(14)20)17(22)24-12-13-6-4-3-5-7-13/h3-7,14-15,20H,2,8-12H2,1H3/t14-,15-/m1/s1. The number of likely N-dealkylation sites (tertiary alicyclic amines) is 1. The van der Waals surface area contributed by atoms with E-state index >= 15 is 0 Å². The van der Waals surface area contributed by atoms with Crippen LogP contribution in [0.25, 0.3) is 0 Å². The third kappa shape index (κ3) is 3.24. The SMILES string of the molecule is CCOC(=O)C1([C@@H]2CN(C(=O)OCc3ccccc3)C[C@H]2O)CC1. The van der Waals surface area contributed by atoms with Gasteiger partial charge in [-0.2, -0.15) is 0 Å². The molecule has 0 bridgehead atoms. The van der Waals surface area contributed by atoms with Crippen LogP contribution in [0.3, 0.4) is 0 Å². The molecule has 2 atom stereocenters. The van der Waals surface area contributed by atoms with E-state index in [1.165, 1.54) is 4.90 Å². The van der Waals surface area contributed by atoms with Crippen molar-refractivity contribution in [2.24, 2.45) is 11.3 Å². The van der Waals surface area contributed by atoms with Gasteiger partial charge in [0.05, 0.1) is 24.7 Å². The minimum atomic E-state index is -0.721. The minimum absolute atomic E-state index is 0.194. The molecule has 1 heterocycles. The van der Waals surface area contributed by atoms with Gasteiger partial charge in [-0.25, -0.2) is 4.79 Å². The number of nitrogens with zero attached hydrogens (tertiary/aromatic N) is 1. The van der Waals surface area contributed by atoms with Crippen LogP contribution in [-0.2, 0) is 20.9 Å². The van der Waals surface area contributed by atoms with Crippen molar-refractivity contribution in [2.75, 3.05) is 19.7 Å². The lowest BCUT2D eigenvalue weighted by atomic mass is 9.86. The summed E-state index contributed by atoms with van der Waals surface area (Å²) < 4.78 is 10.5. The van der Waals surface area contributed by atoms with Gasteiger partial charge < -0.3 is 19.5 Å². The van der Waals surface area contributed by atoms with Crippen LogP contribution in [0.5, 0.6) is 0 Å². The van der Waals surface area contributed by atoms with Crippen molar-refractivity contribution in [2.45, 2.75) is 32.5 Å². The Labute approximate surface area is 141 Å². The highest BCUT2D eigenvalue weighted by atomic mass is 16.6. The number of aliphatic hydroxyl groups excluding tert-OH is 1. The summed E-state index contributed by atoms with van der Waals surface area (Å²) in [4.78, 5) is 25.9. The zero-order valence-electron chi connectivity index (χ0n) is 13.8. The van der Waals surface area contributed by atoms with Gasteiger partial charge >= 0.3 is 12.1 Å². The number of hydrogen-bond donors (Lipinski definition) is 1. The quantitative estimate of drug-likeness (QED) is 0.834. The van der Waals surface area contributed by atoms with E-state index in [1.54, 1.807) is 6.92 Å². The molecule has 0 radical (unpaired) electrons. The molecule has 24 heavy (non-hydrogen) atoms. The van der Waals surface area contributed by atoms with Crippen LogP contribution in [-0.4, -0.2) is 47.9 Å². The molecule has 1 aromatic carbocycles. The molecule has 2 fully saturated rings. The molecule has 3 rings (SSSR count). The van der Waals surface area contributed by atoms with Crippen LogP contribution in [0.15, 0.2) is 30.3 Å². The first kappa shape index (κ1) is 16.8. The van der Waals surface area contributed by atoms with E-state index in [1.807, 2.05) is 30.3 Å². The van der Waals surface area contributed by atoms with Crippen LogP contribution in [0.4, 0.5) is 4.79 Å². The molecule has 2 aliphatic rings. The van der Waals surface area contributed by atoms with E-state index in [9.17, 15) is 14.7 Å². The summed E-state index contributed by atoms with van der Waals surface area (Å²) in [6.07, 6.45) is 0.238. The van der Waals surface area contributed by atoms with Crippen molar-refractivity contribution in [3.8, 4) is 0 Å². The Kier molecular flexibility index (Phi) is 4.76. The molecule has 130 valence electrons. The predicted octanol–water partition coefficient (Wildman–Crippen LogP) is 1.96. The number of amides is 1. The molecule has 0 unspecified atom stereocenters. The van der Waals surface area contributed by atoms with Gasteiger partial charge in [0.2, 0.25) is 0 Å². The predicted molar refractivity (Wildman–Crippen MR) is 86.0 cm³/mol. The molecule has 1 saturated heterocycles. The summed E-state index contributed by atoms with van der Waals surface area (Å²) >= 11 is 0. The van der Waals surface area contributed by atoms with Crippen LogP contribution < -0.4 is 0 Å². The molecule has 1 aromatic rings. The first-order chi connectivity index (χ1) is 11.6. The fraction of sp³-hybridized carbons (Fsp3) is 0.556. The lowest BCUT2D eigenvalue weighted by molar-refractivity contribution is -0.153. The highest BCUT2D eigenvalue weighted by Crippen LogP contribution is 2.55. The Morgan fingerprint density at radius 3 is 2.54 bits per heavy atom. The Balaban J connectivity index is 1.57. The van der Waals surface area contributed by atoms with Crippen molar-refractivity contribution < 1.29 is 24.2 Å². The van der Waals surface area contributed by atoms with Gasteiger partial charge in [0, 0.05) is 12.5 Å². The van der Waals surface area contributed by atoms with E-state index in [0.29, 0.717) is 26.0 Å². The minimum Gasteiger partial charge on any atom is -0.466 e. The maximum atomic E-state index is 12.2. The smallest absolute Gasteiger partial charge is 0.410 e. The second-order valence-electron chi connectivity index (χ2n) is 6.50. The molecular formula is C18H23NO5. The van der Waals surface area contributed by atoms with Gasteiger partial charge in [0.25, 0.3) is 0 Å². The van der Waals surface area contributed by atoms with Crippen molar-refractivity contribution >= 4 is 12.1 Å². The second-order valence-corrected chi connectivity index (χ2v) is 6.50. The fourth-order valence-electron chi connectivity index (χ4n) is 3.43. The normalized spacial score (nSPS) is 24.5. The lowest BCUT2D eigenvalue weighted by Gasteiger charge is -2.23. The molecule has 0 spiro atoms. The van der Waals surface area contributed by atoms with E-state index < -0.39 is 17.6 Å². The average molecular weight is 333 g/mol. The first-order valence-electron chi connectivity index (χ1n) is 8.38. The summed E-state index contributed by atoms with van der Waals surface area (Å²) in [5, 5.41) is 10.3. The van der Waals surface area contributed by atoms with Gasteiger partial charge in [-0.15, -0.1) is 0 Å². The van der Waals surface area contributed by atoms with Gasteiger partial charge in [-0.05, 0) is 25.3 Å². The summed E-state index contributed by atoms with van der Waals surface area (Å²) in [6, 6.07) is 9.44. The zero-order chi connectivity index (χ0) is 17.2. The van der Waals surface area contributed by atoms with Crippen molar-refractivity contribution in [3.05, 3.63) is 35.9 Å². The van der Waals surface area contributed by atoms with E-state index in [4.69, 9.17) is 9.47 Å². The number of aliphatic hydroxyl groups is 1. The third-order valence-corrected chi connectivity index (χ3v) is 4.93. The number of carbonyl (C=O) groups is 2. The summed E-state index contributed by atoms with van der Waals surface area (Å²) in [5.41, 5.74) is 0.288. The molecule has 1 N–H and O–H groups in total. The van der Waals surface area contributed by atoms with Gasteiger partial charge in [0.1, 0.15) is 6.61 Å². The number of β-amino-alcohol motifs (C(OH)–C–C–N with tert-alkyl or cyclic N) is 1. The van der Waals surface area contributed by atoms with E-state index in [0.717, 1.165) is 5.56 Å². The maximum Gasteiger partial charge on any atom is 0.410 e. The monoisotopic (exact) mass is 333 g/mol. The molecule has 1 saturated carbocycles. The molecule has 1 amide bonds. The molecule has 6 nitrogen and oxygen atoms in total. The Morgan fingerprint density at radius 2 is 1.92 bits per heavy atom. The molecular weight excluding hydrogens is 310 g/mol. The largest absolute Gasteiger partial charge is 0.466 e. The molecule has 1 aliphatic heterocycles. The molecule has 1 aliphatic carbocycles. The van der Waals surface area contributed by atoms with E-state index in [2.05, 4.69) is 0 Å². The van der Waals surface area contributed by atoms with E-state index in [-0.39, 0.29) is 25.0 Å². The number of benzene rings is 1. The molecule has 0 aromatic heterocycles. The van der Waals surface area contributed by atoms with Crippen LogP contribution in [0.2, 0.25) is 0 Å². The van der Waals surface area contributed by atoms with Crippen molar-refractivity contribution in [1.29, 1.82) is 0 Å². The number of carbonyl (C=O) groups excluding carboxylic acids is 2. The van der Waals surface area contributed by atoms with Crippen LogP contribution in [0.1, 0.15) is 25.3 Å². The topological polar surface area (TPSA) is 76.1 Å². The average Bonchev–Trinajstić information content (AvgIpc) is 3.30. The van der Waals surface area contributed by atoms with Crippen LogP contribution in [0, 0.1) is 11.3 Å². The lowest BCUT2D eigenvalue weighted by Crippen LogP contribution is -2.35. The van der Waals surface area contributed by atoms with Gasteiger partial charge in [-0.1, -0.05) is 30.3 Å². The van der Waals surface area contributed by atoms with Crippen molar-refractivity contribution in [1.82, 2.24) is 4.90 Å². The Hall–Kier alpha value is -2.08. The third-order valence-electron chi connectivity index (χ3n) is 4.93. The zero-order valence-corrected chi connectivity index (χ0v) is 13.8. The summed E-state index contributed by atoms with van der Waals surface area (Å²) in [5.74, 6) is -0.533. The Morgan fingerprint density at radius 1 is 1.21 bits per heavy atom. The number of rotatable bonds is 5. The van der Waals surface area contributed by atoms with Crippen LogP contribution >= 0.6 is 0 Å². The number of esters is 1. The van der Waals surface area contributed by atoms with Gasteiger partial charge in [-0.3, -0.25) is 4.79 Å². The summed E-state index contributed by atoms with van der Waals surface area (Å²) in [7, 11) is 0. The van der Waals surface area contributed by atoms with Gasteiger partial charge in [0.15, 0.2) is 0 Å². The highest BCUT2D eigenvalue weighted by Gasteiger charge is 2.61. The Bertz CT molecular complexity index is 599. The second kappa shape index (κ2) is 6.81. The summed E-state index contributed by atoms with van der Waals surface area (Å²) in [6.45, 7) is 2.81. The number of hydrogen-bond acceptors (Lipinski definition) is 5. The number of ether oxygens (including phenoxy) is 2. The van der Waals surface area contributed by atoms with Crippen molar-refractivity contribution in [3.63, 3.8) is 0 Å². The fourth-order valence-corrected chi connectivity index (χ4v) is 3.43. The highest BCUT2D eigenvalue weighted by molar-refractivity contribution is 5.81. The molecule has 6 heteroatoms.